The first kappa shape index (κ1) is 28.5. The van der Waals surface area contributed by atoms with Crippen LogP contribution < -0.4 is 0 Å². The van der Waals surface area contributed by atoms with Crippen molar-refractivity contribution in [3.05, 3.63) is 106 Å². The summed E-state index contributed by atoms with van der Waals surface area (Å²) in [5.41, 5.74) is 2.24. The standard InChI is InChI=1S/C31H29F3N4O2S/c1-37(17-15-24-6-4-5-16-35-24)30(40)27-20-41-28(36-27)22-13-18-38(19-14-22)29(39)26-8-3-2-7-25(26)21-9-11-23(12-10-21)31(32,33)34/h2-12,16,20,22H,13-15,17-19H2,1H3. The van der Waals surface area contributed by atoms with Gasteiger partial charge in [-0.05, 0) is 54.3 Å². The quantitative estimate of drug-likeness (QED) is 0.249. The molecule has 0 bridgehead atoms. The highest BCUT2D eigenvalue weighted by Gasteiger charge is 2.31. The number of carbonyl (C=O) groups excluding carboxylic acids is 2. The minimum Gasteiger partial charge on any atom is -0.340 e. The number of amides is 2. The van der Waals surface area contributed by atoms with Crippen molar-refractivity contribution in [2.75, 3.05) is 26.7 Å². The lowest BCUT2D eigenvalue weighted by molar-refractivity contribution is -0.137. The van der Waals surface area contributed by atoms with Gasteiger partial charge < -0.3 is 9.80 Å². The molecule has 6 nitrogen and oxygen atoms in total. The number of pyridine rings is 1. The Bertz CT molecular complexity index is 1500. The van der Waals surface area contributed by atoms with E-state index in [1.54, 1.807) is 52.7 Å². The Labute approximate surface area is 240 Å². The lowest BCUT2D eigenvalue weighted by Crippen LogP contribution is -2.38. The minimum absolute atomic E-state index is 0.129. The van der Waals surface area contributed by atoms with Crippen LogP contribution in [0.15, 0.2) is 78.3 Å². The summed E-state index contributed by atoms with van der Waals surface area (Å²) in [6, 6.07) is 17.6. The summed E-state index contributed by atoms with van der Waals surface area (Å²) in [6.07, 6.45) is -0.593. The zero-order valence-electron chi connectivity index (χ0n) is 22.5. The summed E-state index contributed by atoms with van der Waals surface area (Å²) < 4.78 is 39.0. The second kappa shape index (κ2) is 12.2. The lowest BCUT2D eigenvalue weighted by Gasteiger charge is -2.31. The van der Waals surface area contributed by atoms with Crippen molar-refractivity contribution < 1.29 is 22.8 Å². The van der Waals surface area contributed by atoms with Gasteiger partial charge in [-0.1, -0.05) is 36.4 Å². The first-order chi connectivity index (χ1) is 19.7. The molecule has 1 fully saturated rings. The fourth-order valence-corrected chi connectivity index (χ4v) is 5.92. The van der Waals surface area contributed by atoms with Crippen LogP contribution in [0, 0.1) is 0 Å². The molecule has 10 heteroatoms. The molecule has 0 spiro atoms. The third-order valence-corrected chi connectivity index (χ3v) is 8.34. The van der Waals surface area contributed by atoms with Gasteiger partial charge in [0.25, 0.3) is 11.8 Å². The van der Waals surface area contributed by atoms with E-state index in [2.05, 4.69) is 9.97 Å². The van der Waals surface area contributed by atoms with E-state index in [4.69, 9.17) is 0 Å². The van der Waals surface area contributed by atoms with E-state index < -0.39 is 11.7 Å². The maximum absolute atomic E-state index is 13.5. The molecule has 2 amide bonds. The van der Waals surface area contributed by atoms with Crippen LogP contribution in [-0.4, -0.2) is 58.3 Å². The van der Waals surface area contributed by atoms with E-state index in [9.17, 15) is 22.8 Å². The molecule has 4 aromatic rings. The zero-order chi connectivity index (χ0) is 29.0. The number of hydrogen-bond donors (Lipinski definition) is 0. The maximum atomic E-state index is 13.5. The number of hydrogen-bond acceptors (Lipinski definition) is 5. The zero-order valence-corrected chi connectivity index (χ0v) is 23.3. The monoisotopic (exact) mass is 578 g/mol. The smallest absolute Gasteiger partial charge is 0.340 e. The van der Waals surface area contributed by atoms with Gasteiger partial charge in [0.1, 0.15) is 5.69 Å². The number of benzene rings is 2. The second-order valence-electron chi connectivity index (χ2n) is 10.1. The van der Waals surface area contributed by atoms with E-state index >= 15 is 0 Å². The number of thiazole rings is 1. The highest BCUT2D eigenvalue weighted by molar-refractivity contribution is 7.09. The summed E-state index contributed by atoms with van der Waals surface area (Å²) >= 11 is 1.47. The number of halogens is 3. The van der Waals surface area contributed by atoms with E-state index in [1.807, 2.05) is 18.2 Å². The molecule has 0 aliphatic carbocycles. The van der Waals surface area contributed by atoms with Crippen LogP contribution in [0.4, 0.5) is 13.2 Å². The summed E-state index contributed by atoms with van der Waals surface area (Å²) in [4.78, 5) is 38.8. The van der Waals surface area contributed by atoms with Gasteiger partial charge in [0.2, 0.25) is 0 Å². The van der Waals surface area contributed by atoms with Gasteiger partial charge in [0, 0.05) is 61.9 Å². The van der Waals surface area contributed by atoms with E-state index in [0.29, 0.717) is 61.3 Å². The van der Waals surface area contributed by atoms with Crippen molar-refractivity contribution in [3.63, 3.8) is 0 Å². The maximum Gasteiger partial charge on any atom is 0.416 e. The van der Waals surface area contributed by atoms with Crippen LogP contribution >= 0.6 is 11.3 Å². The fraction of sp³-hybridized carbons (Fsp3) is 0.290. The van der Waals surface area contributed by atoms with Crippen molar-refractivity contribution >= 4 is 23.2 Å². The highest BCUT2D eigenvalue weighted by Crippen LogP contribution is 2.34. The molecule has 212 valence electrons. The molecule has 0 saturated carbocycles. The number of aromatic nitrogens is 2. The average Bonchev–Trinajstić information content (AvgIpc) is 3.50. The molecule has 1 saturated heterocycles. The van der Waals surface area contributed by atoms with Crippen molar-refractivity contribution in [3.8, 4) is 11.1 Å². The van der Waals surface area contributed by atoms with Gasteiger partial charge in [-0.25, -0.2) is 4.98 Å². The lowest BCUT2D eigenvalue weighted by atomic mass is 9.94. The van der Waals surface area contributed by atoms with Gasteiger partial charge in [-0.2, -0.15) is 13.2 Å². The van der Waals surface area contributed by atoms with Crippen LogP contribution in [0.5, 0.6) is 0 Å². The van der Waals surface area contributed by atoms with Gasteiger partial charge in [0.15, 0.2) is 0 Å². The largest absolute Gasteiger partial charge is 0.416 e. The molecule has 1 aliphatic rings. The van der Waals surface area contributed by atoms with Crippen LogP contribution in [0.3, 0.4) is 0 Å². The predicted molar refractivity (Wildman–Crippen MR) is 152 cm³/mol. The Morgan fingerprint density at radius 3 is 2.39 bits per heavy atom. The molecule has 0 unspecified atom stereocenters. The minimum atomic E-state index is -4.42. The third kappa shape index (κ3) is 6.65. The summed E-state index contributed by atoms with van der Waals surface area (Å²) in [7, 11) is 1.76. The van der Waals surface area contributed by atoms with Gasteiger partial charge >= 0.3 is 6.18 Å². The summed E-state index contributed by atoms with van der Waals surface area (Å²) in [6.45, 7) is 1.59. The second-order valence-corrected chi connectivity index (χ2v) is 10.9. The molecule has 3 heterocycles. The van der Waals surface area contributed by atoms with Gasteiger partial charge in [0.05, 0.1) is 10.6 Å². The molecule has 0 N–H and O–H groups in total. The van der Waals surface area contributed by atoms with Crippen molar-refractivity contribution in [1.29, 1.82) is 0 Å². The summed E-state index contributed by atoms with van der Waals surface area (Å²) in [5, 5.41) is 2.69. The Morgan fingerprint density at radius 2 is 1.71 bits per heavy atom. The Morgan fingerprint density at radius 1 is 1.00 bits per heavy atom. The van der Waals surface area contributed by atoms with E-state index in [1.165, 1.54) is 23.5 Å². The number of likely N-dealkylation sites (N-methyl/N-ethyl adjacent to an activating group) is 1. The van der Waals surface area contributed by atoms with Gasteiger partial charge in [-0.3, -0.25) is 14.6 Å². The predicted octanol–water partition coefficient (Wildman–Crippen LogP) is 6.56. The van der Waals surface area contributed by atoms with Crippen molar-refractivity contribution in [1.82, 2.24) is 19.8 Å². The Hall–Kier alpha value is -4.05. The molecule has 2 aromatic carbocycles. The topological polar surface area (TPSA) is 66.4 Å². The third-order valence-electron chi connectivity index (χ3n) is 7.33. The van der Waals surface area contributed by atoms with Crippen molar-refractivity contribution in [2.24, 2.45) is 0 Å². The normalized spacial score (nSPS) is 14.2. The summed E-state index contributed by atoms with van der Waals surface area (Å²) in [5.74, 6) is -0.131. The van der Waals surface area contributed by atoms with Crippen LogP contribution in [0.25, 0.3) is 11.1 Å². The fourth-order valence-electron chi connectivity index (χ4n) is 4.96. The van der Waals surface area contributed by atoms with Crippen molar-refractivity contribution in [2.45, 2.75) is 31.4 Å². The number of piperidine rings is 1. The SMILES string of the molecule is CN(CCc1ccccn1)C(=O)c1csc(C2CCN(C(=O)c3ccccc3-c3ccc(C(F)(F)F)cc3)CC2)n1. The number of carbonyl (C=O) groups is 2. The molecule has 41 heavy (non-hydrogen) atoms. The Kier molecular flexibility index (Phi) is 8.49. The van der Waals surface area contributed by atoms with E-state index in [-0.39, 0.29) is 17.7 Å². The number of nitrogens with zero attached hydrogens (tertiary/aromatic N) is 4. The van der Waals surface area contributed by atoms with Crippen LogP contribution in [0.2, 0.25) is 0 Å². The molecular formula is C31H29F3N4O2S. The average molecular weight is 579 g/mol. The van der Waals surface area contributed by atoms with E-state index in [0.717, 1.165) is 22.8 Å². The molecule has 2 aromatic heterocycles. The molecule has 0 radical (unpaired) electrons. The van der Waals surface area contributed by atoms with Crippen LogP contribution in [-0.2, 0) is 12.6 Å². The molecular weight excluding hydrogens is 549 g/mol. The van der Waals surface area contributed by atoms with Gasteiger partial charge in [-0.15, -0.1) is 11.3 Å². The number of likely N-dealkylation sites (tertiary alicyclic amines) is 1. The first-order valence-corrected chi connectivity index (χ1v) is 14.3. The molecule has 5 rings (SSSR count). The molecule has 1 aliphatic heterocycles. The van der Waals surface area contributed by atoms with Crippen LogP contribution in [0.1, 0.15) is 55.9 Å². The number of alkyl halides is 3. The Balaban J connectivity index is 1.20. The molecule has 0 atom stereocenters. The number of rotatable bonds is 7. The first-order valence-electron chi connectivity index (χ1n) is 13.4. The highest BCUT2D eigenvalue weighted by atomic mass is 32.1.